The zero-order valence-corrected chi connectivity index (χ0v) is 12.6. The molecule has 0 aromatic rings. The number of sulfone groups is 1. The first kappa shape index (κ1) is 16.9. The molecule has 0 heterocycles. The summed E-state index contributed by atoms with van der Waals surface area (Å²) in [5.74, 6) is -1.86. The van der Waals surface area contributed by atoms with Gasteiger partial charge in [0.05, 0.1) is 6.54 Å². The Morgan fingerprint density at radius 3 is 2.35 bits per heavy atom. The molecule has 0 saturated heterocycles. The Morgan fingerprint density at radius 2 is 1.90 bits per heavy atom. The largest absolute Gasteiger partial charge is 0.480 e. The van der Waals surface area contributed by atoms with Crippen molar-refractivity contribution in [3.05, 3.63) is 0 Å². The van der Waals surface area contributed by atoms with Crippen molar-refractivity contribution in [2.24, 2.45) is 0 Å². The molecule has 1 rings (SSSR count). The third-order valence-corrected chi connectivity index (χ3v) is 5.11. The van der Waals surface area contributed by atoms with E-state index in [0.29, 0.717) is 19.4 Å². The summed E-state index contributed by atoms with van der Waals surface area (Å²) in [7, 11) is -3.30. The van der Waals surface area contributed by atoms with Crippen LogP contribution in [0.1, 0.15) is 26.7 Å². The summed E-state index contributed by atoms with van der Waals surface area (Å²) in [6, 6.07) is 0.0894. The van der Waals surface area contributed by atoms with Crippen molar-refractivity contribution >= 4 is 21.7 Å². The van der Waals surface area contributed by atoms with Gasteiger partial charge in [0, 0.05) is 17.8 Å². The van der Waals surface area contributed by atoms with Crippen LogP contribution in [0.3, 0.4) is 0 Å². The van der Waals surface area contributed by atoms with Gasteiger partial charge in [0.2, 0.25) is 5.91 Å². The average Bonchev–Trinajstić information content (AvgIpc) is 2.30. The van der Waals surface area contributed by atoms with Crippen molar-refractivity contribution in [1.29, 1.82) is 0 Å². The van der Waals surface area contributed by atoms with Gasteiger partial charge in [0.15, 0.2) is 9.84 Å². The normalized spacial score (nSPS) is 22.4. The van der Waals surface area contributed by atoms with Crippen LogP contribution in [0.4, 0.5) is 0 Å². The topological polar surface area (TPSA) is 104 Å². The van der Waals surface area contributed by atoms with Crippen molar-refractivity contribution in [2.45, 2.75) is 38.8 Å². The molecule has 8 heteroatoms. The third kappa shape index (κ3) is 5.09. The van der Waals surface area contributed by atoms with Crippen LogP contribution in [0, 0.1) is 0 Å². The Balaban J connectivity index is 2.34. The molecular weight excluding hydrogens is 284 g/mol. The van der Waals surface area contributed by atoms with Crippen LogP contribution in [-0.2, 0) is 19.4 Å². The summed E-state index contributed by atoms with van der Waals surface area (Å²) < 4.78 is 22.6. The number of nitrogens with zero attached hydrogens (tertiary/aromatic N) is 1. The van der Waals surface area contributed by atoms with E-state index in [0.717, 1.165) is 0 Å². The average molecular weight is 306 g/mol. The van der Waals surface area contributed by atoms with Gasteiger partial charge < -0.3 is 10.4 Å². The maximum atomic E-state index is 11.5. The minimum Gasteiger partial charge on any atom is -0.480 e. The Hall–Kier alpha value is -1.15. The van der Waals surface area contributed by atoms with E-state index in [1.165, 1.54) is 6.92 Å². The second-order valence-electron chi connectivity index (χ2n) is 5.02. The summed E-state index contributed by atoms with van der Waals surface area (Å²) in [5, 5.41) is 11.4. The predicted octanol–water partition coefficient (Wildman–Crippen LogP) is -0.525. The van der Waals surface area contributed by atoms with E-state index in [1.807, 2.05) is 11.8 Å². The highest BCUT2D eigenvalue weighted by molar-refractivity contribution is 7.92. The number of likely N-dealkylation sites (N-methyl/N-ethyl adjacent to an activating group) is 1. The number of hydrogen-bond donors (Lipinski definition) is 2. The highest BCUT2D eigenvalue weighted by Crippen LogP contribution is 2.25. The summed E-state index contributed by atoms with van der Waals surface area (Å²) >= 11 is 0. The van der Waals surface area contributed by atoms with Gasteiger partial charge in [-0.05, 0) is 19.4 Å². The fourth-order valence-electron chi connectivity index (χ4n) is 2.25. The fraction of sp³-hybridized carbons (Fsp3) is 0.833. The molecule has 0 radical (unpaired) electrons. The summed E-state index contributed by atoms with van der Waals surface area (Å²) in [4.78, 5) is 24.1. The number of rotatable bonds is 8. The SMILES string of the molecule is CCN(CC(=O)O)C1CC(NC(=O)CS(=O)(=O)CC)C1. The zero-order chi connectivity index (χ0) is 15.3. The van der Waals surface area contributed by atoms with E-state index in [9.17, 15) is 18.0 Å². The predicted molar refractivity (Wildman–Crippen MR) is 74.2 cm³/mol. The van der Waals surface area contributed by atoms with Gasteiger partial charge in [-0.1, -0.05) is 13.8 Å². The summed E-state index contributed by atoms with van der Waals surface area (Å²) in [6.45, 7) is 4.03. The maximum Gasteiger partial charge on any atom is 0.317 e. The van der Waals surface area contributed by atoms with Crippen LogP contribution < -0.4 is 5.32 Å². The highest BCUT2D eigenvalue weighted by Gasteiger charge is 2.34. The Bertz CT molecular complexity index is 456. The minimum absolute atomic E-state index is 0.00789. The van der Waals surface area contributed by atoms with Gasteiger partial charge in [0.25, 0.3) is 0 Å². The molecule has 0 aliphatic heterocycles. The number of hydrogen-bond acceptors (Lipinski definition) is 5. The van der Waals surface area contributed by atoms with Gasteiger partial charge >= 0.3 is 5.97 Å². The molecule has 7 nitrogen and oxygen atoms in total. The number of aliphatic carboxylic acids is 1. The van der Waals surface area contributed by atoms with Gasteiger partial charge in [-0.25, -0.2) is 8.42 Å². The van der Waals surface area contributed by atoms with Gasteiger partial charge in [-0.15, -0.1) is 0 Å². The van der Waals surface area contributed by atoms with E-state index < -0.39 is 27.5 Å². The number of carboxylic acid groups (broad SMARTS) is 1. The molecule has 0 unspecified atom stereocenters. The lowest BCUT2D eigenvalue weighted by atomic mass is 9.85. The van der Waals surface area contributed by atoms with Crippen molar-refractivity contribution in [2.75, 3.05) is 24.6 Å². The van der Waals surface area contributed by atoms with Crippen LogP contribution in [0.5, 0.6) is 0 Å². The highest BCUT2D eigenvalue weighted by atomic mass is 32.2. The van der Waals surface area contributed by atoms with Crippen LogP contribution in [0.15, 0.2) is 0 Å². The quantitative estimate of drug-likeness (QED) is 0.625. The smallest absolute Gasteiger partial charge is 0.317 e. The molecule has 1 amide bonds. The van der Waals surface area contributed by atoms with Crippen molar-refractivity contribution in [1.82, 2.24) is 10.2 Å². The second kappa shape index (κ2) is 7.03. The lowest BCUT2D eigenvalue weighted by Gasteiger charge is -2.42. The van der Waals surface area contributed by atoms with E-state index in [2.05, 4.69) is 5.32 Å². The van der Waals surface area contributed by atoms with Crippen molar-refractivity contribution in [3.63, 3.8) is 0 Å². The van der Waals surface area contributed by atoms with Gasteiger partial charge in [-0.2, -0.15) is 0 Å². The van der Waals surface area contributed by atoms with Crippen molar-refractivity contribution in [3.8, 4) is 0 Å². The zero-order valence-electron chi connectivity index (χ0n) is 11.8. The first-order valence-corrected chi connectivity index (χ1v) is 8.55. The fourth-order valence-corrected chi connectivity index (χ4v) is 2.93. The molecule has 0 spiro atoms. The minimum atomic E-state index is -3.30. The Kier molecular flexibility index (Phi) is 5.94. The van der Waals surface area contributed by atoms with Crippen LogP contribution in [-0.4, -0.2) is 67.0 Å². The number of carbonyl (C=O) groups excluding carboxylic acids is 1. The molecular formula is C12H22N2O5S. The van der Waals surface area contributed by atoms with Gasteiger partial charge in [-0.3, -0.25) is 14.5 Å². The summed E-state index contributed by atoms with van der Waals surface area (Å²) in [6.07, 6.45) is 1.33. The molecule has 0 aromatic carbocycles. The number of nitrogens with one attached hydrogen (secondary N) is 1. The van der Waals surface area contributed by atoms with E-state index in [4.69, 9.17) is 5.11 Å². The molecule has 1 fully saturated rings. The number of amides is 1. The standard InChI is InChI=1S/C12H22N2O5S/c1-3-14(7-12(16)17)10-5-9(6-10)13-11(15)8-20(18,19)4-2/h9-10H,3-8H2,1-2H3,(H,13,15)(H,16,17). The first-order chi connectivity index (χ1) is 9.27. The second-order valence-corrected chi connectivity index (χ2v) is 7.38. The number of carbonyl (C=O) groups is 2. The molecule has 0 aromatic heterocycles. The van der Waals surface area contributed by atoms with Crippen molar-refractivity contribution < 1.29 is 23.1 Å². The van der Waals surface area contributed by atoms with Crippen LogP contribution >= 0.6 is 0 Å². The third-order valence-electron chi connectivity index (χ3n) is 3.53. The van der Waals surface area contributed by atoms with E-state index in [1.54, 1.807) is 0 Å². The monoisotopic (exact) mass is 306 g/mol. The molecule has 1 saturated carbocycles. The lowest BCUT2D eigenvalue weighted by Crippen LogP contribution is -2.55. The molecule has 1 aliphatic rings. The molecule has 20 heavy (non-hydrogen) atoms. The van der Waals surface area contributed by atoms with E-state index in [-0.39, 0.29) is 24.4 Å². The van der Waals surface area contributed by atoms with E-state index >= 15 is 0 Å². The molecule has 2 N–H and O–H groups in total. The molecule has 0 bridgehead atoms. The molecule has 1 aliphatic carbocycles. The van der Waals surface area contributed by atoms with Crippen LogP contribution in [0.2, 0.25) is 0 Å². The van der Waals surface area contributed by atoms with Crippen LogP contribution in [0.25, 0.3) is 0 Å². The Labute approximate surface area is 119 Å². The first-order valence-electron chi connectivity index (χ1n) is 6.73. The molecule has 116 valence electrons. The maximum absolute atomic E-state index is 11.5. The van der Waals surface area contributed by atoms with Gasteiger partial charge in [0.1, 0.15) is 5.75 Å². The Morgan fingerprint density at radius 1 is 1.30 bits per heavy atom. The molecule has 0 atom stereocenters. The lowest BCUT2D eigenvalue weighted by molar-refractivity contribution is -0.139. The summed E-state index contributed by atoms with van der Waals surface area (Å²) in [5.41, 5.74) is 0. The number of carboxylic acids is 1.